The van der Waals surface area contributed by atoms with Crippen LogP contribution in [0.25, 0.3) is 0 Å². The third-order valence-corrected chi connectivity index (χ3v) is 1.15. The summed E-state index contributed by atoms with van der Waals surface area (Å²) < 4.78 is 4.60. The predicted octanol–water partition coefficient (Wildman–Crippen LogP) is 1.31. The normalized spacial score (nSPS) is 11.7. The standard InChI is InChI=1S/C9H17NO2/c1-9(2,3)7-10-8(11)5-6-12-4/h5-6H,7H2,1-4H3,(H,10,11)/b6-5+. The molecule has 1 N–H and O–H groups in total. The number of nitrogens with one attached hydrogen (secondary N) is 1. The highest BCUT2D eigenvalue weighted by atomic mass is 16.5. The number of carbonyl (C=O) groups excluding carboxylic acids is 1. The molecular formula is C9H17NO2. The Labute approximate surface area is 73.8 Å². The van der Waals surface area contributed by atoms with Gasteiger partial charge < -0.3 is 10.1 Å². The van der Waals surface area contributed by atoms with Crippen molar-refractivity contribution >= 4 is 5.91 Å². The Kier molecular flexibility index (Phi) is 4.40. The number of methoxy groups -OCH3 is 1. The first kappa shape index (κ1) is 11.0. The van der Waals surface area contributed by atoms with E-state index in [1.54, 1.807) is 0 Å². The molecule has 0 unspecified atom stereocenters. The highest BCUT2D eigenvalue weighted by molar-refractivity contribution is 5.87. The van der Waals surface area contributed by atoms with E-state index < -0.39 is 0 Å². The van der Waals surface area contributed by atoms with Gasteiger partial charge in [0, 0.05) is 12.6 Å². The fourth-order valence-electron chi connectivity index (χ4n) is 0.541. The summed E-state index contributed by atoms with van der Waals surface area (Å²) in [5.74, 6) is -0.119. The molecule has 0 saturated heterocycles. The zero-order valence-corrected chi connectivity index (χ0v) is 8.18. The van der Waals surface area contributed by atoms with Gasteiger partial charge in [0.25, 0.3) is 0 Å². The summed E-state index contributed by atoms with van der Waals surface area (Å²) in [5.41, 5.74) is 0.122. The minimum atomic E-state index is -0.119. The highest BCUT2D eigenvalue weighted by Crippen LogP contribution is 2.09. The molecule has 0 aliphatic rings. The Morgan fingerprint density at radius 1 is 1.50 bits per heavy atom. The molecule has 1 amide bonds. The molecule has 12 heavy (non-hydrogen) atoms. The van der Waals surface area contributed by atoms with Gasteiger partial charge in [-0.15, -0.1) is 0 Å². The minimum Gasteiger partial charge on any atom is -0.504 e. The molecule has 3 heteroatoms. The monoisotopic (exact) mass is 171 g/mol. The van der Waals surface area contributed by atoms with Crippen molar-refractivity contribution < 1.29 is 9.53 Å². The van der Waals surface area contributed by atoms with Gasteiger partial charge in [0.15, 0.2) is 0 Å². The van der Waals surface area contributed by atoms with E-state index >= 15 is 0 Å². The van der Waals surface area contributed by atoms with Gasteiger partial charge in [0.2, 0.25) is 5.91 Å². The molecule has 3 nitrogen and oxygen atoms in total. The lowest BCUT2D eigenvalue weighted by Gasteiger charge is -2.17. The SMILES string of the molecule is CO/C=C/C(=O)NCC(C)(C)C. The molecule has 0 heterocycles. The molecule has 0 radical (unpaired) electrons. The van der Waals surface area contributed by atoms with Crippen LogP contribution in [0.2, 0.25) is 0 Å². The average Bonchev–Trinajstić information content (AvgIpc) is 1.95. The van der Waals surface area contributed by atoms with Gasteiger partial charge >= 0.3 is 0 Å². The Morgan fingerprint density at radius 3 is 2.50 bits per heavy atom. The van der Waals surface area contributed by atoms with Gasteiger partial charge in [-0.1, -0.05) is 20.8 Å². The molecule has 0 rings (SSSR count). The van der Waals surface area contributed by atoms with Crippen LogP contribution < -0.4 is 5.32 Å². The maximum absolute atomic E-state index is 11.0. The van der Waals surface area contributed by atoms with Crippen LogP contribution in [0.5, 0.6) is 0 Å². The fraction of sp³-hybridized carbons (Fsp3) is 0.667. The van der Waals surface area contributed by atoms with Crippen molar-refractivity contribution in [3.63, 3.8) is 0 Å². The van der Waals surface area contributed by atoms with E-state index in [4.69, 9.17) is 0 Å². The smallest absolute Gasteiger partial charge is 0.247 e. The topological polar surface area (TPSA) is 38.3 Å². The quantitative estimate of drug-likeness (QED) is 0.513. The summed E-state index contributed by atoms with van der Waals surface area (Å²) in [7, 11) is 1.51. The zero-order valence-electron chi connectivity index (χ0n) is 8.18. The molecule has 0 saturated carbocycles. The number of carbonyl (C=O) groups is 1. The van der Waals surface area contributed by atoms with Crippen LogP contribution in [-0.4, -0.2) is 19.6 Å². The van der Waals surface area contributed by atoms with Crippen molar-refractivity contribution in [1.82, 2.24) is 5.32 Å². The van der Waals surface area contributed by atoms with Crippen LogP contribution in [0.1, 0.15) is 20.8 Å². The first-order valence-corrected chi connectivity index (χ1v) is 3.93. The van der Waals surface area contributed by atoms with Gasteiger partial charge in [-0.3, -0.25) is 4.79 Å². The van der Waals surface area contributed by atoms with E-state index in [1.807, 2.05) is 0 Å². The van der Waals surface area contributed by atoms with E-state index in [-0.39, 0.29) is 11.3 Å². The van der Waals surface area contributed by atoms with E-state index in [0.29, 0.717) is 6.54 Å². The van der Waals surface area contributed by atoms with E-state index in [9.17, 15) is 4.79 Å². The molecule has 0 aliphatic heterocycles. The third kappa shape index (κ3) is 7.12. The minimum absolute atomic E-state index is 0.119. The summed E-state index contributed by atoms with van der Waals surface area (Å²) in [5, 5.41) is 2.75. The molecule has 0 bridgehead atoms. The fourth-order valence-corrected chi connectivity index (χ4v) is 0.541. The summed E-state index contributed by atoms with van der Waals surface area (Å²) in [6.45, 7) is 6.85. The zero-order chi connectivity index (χ0) is 9.61. The summed E-state index contributed by atoms with van der Waals surface area (Å²) in [6, 6.07) is 0. The first-order chi connectivity index (χ1) is 5.45. The van der Waals surface area contributed by atoms with Crippen LogP contribution in [0.15, 0.2) is 12.3 Å². The van der Waals surface area contributed by atoms with Gasteiger partial charge in [0.1, 0.15) is 0 Å². The number of amides is 1. The molecule has 0 fully saturated rings. The van der Waals surface area contributed by atoms with Crippen molar-refractivity contribution in [3.05, 3.63) is 12.3 Å². The Balaban J connectivity index is 3.65. The van der Waals surface area contributed by atoms with Crippen LogP contribution in [0, 0.1) is 5.41 Å². The molecule has 0 aliphatic carbocycles. The van der Waals surface area contributed by atoms with Crippen LogP contribution in [0.4, 0.5) is 0 Å². The number of rotatable bonds is 3. The molecule has 0 aromatic rings. The molecule has 0 atom stereocenters. The maximum atomic E-state index is 11.0. The van der Waals surface area contributed by atoms with Crippen molar-refractivity contribution in [3.8, 4) is 0 Å². The average molecular weight is 171 g/mol. The highest BCUT2D eigenvalue weighted by Gasteiger charge is 2.10. The summed E-state index contributed by atoms with van der Waals surface area (Å²) in [6.07, 6.45) is 2.73. The van der Waals surface area contributed by atoms with Crippen molar-refractivity contribution in [2.45, 2.75) is 20.8 Å². The van der Waals surface area contributed by atoms with E-state index in [1.165, 1.54) is 19.4 Å². The van der Waals surface area contributed by atoms with E-state index in [0.717, 1.165) is 0 Å². The number of ether oxygens (including phenoxy) is 1. The summed E-state index contributed by atoms with van der Waals surface area (Å²) in [4.78, 5) is 11.0. The van der Waals surface area contributed by atoms with Gasteiger partial charge in [-0.25, -0.2) is 0 Å². The lowest BCUT2D eigenvalue weighted by atomic mass is 9.97. The lowest BCUT2D eigenvalue weighted by Crippen LogP contribution is -2.30. The van der Waals surface area contributed by atoms with Crippen molar-refractivity contribution in [2.24, 2.45) is 5.41 Å². The Bertz CT molecular complexity index is 168. The second-order valence-electron chi connectivity index (χ2n) is 3.82. The third-order valence-electron chi connectivity index (χ3n) is 1.15. The largest absolute Gasteiger partial charge is 0.504 e. The van der Waals surface area contributed by atoms with Crippen molar-refractivity contribution in [1.29, 1.82) is 0 Å². The number of hydrogen-bond donors (Lipinski definition) is 1. The Hall–Kier alpha value is -0.990. The predicted molar refractivity (Wildman–Crippen MR) is 48.6 cm³/mol. The second-order valence-corrected chi connectivity index (χ2v) is 3.82. The summed E-state index contributed by atoms with van der Waals surface area (Å²) >= 11 is 0. The lowest BCUT2D eigenvalue weighted by molar-refractivity contribution is -0.117. The van der Waals surface area contributed by atoms with Crippen LogP contribution in [0.3, 0.4) is 0 Å². The van der Waals surface area contributed by atoms with Crippen molar-refractivity contribution in [2.75, 3.05) is 13.7 Å². The maximum Gasteiger partial charge on any atom is 0.247 e. The van der Waals surface area contributed by atoms with Gasteiger partial charge in [-0.2, -0.15) is 0 Å². The molecule has 70 valence electrons. The number of hydrogen-bond acceptors (Lipinski definition) is 2. The molecule has 0 aromatic heterocycles. The van der Waals surface area contributed by atoms with Crippen LogP contribution >= 0.6 is 0 Å². The van der Waals surface area contributed by atoms with Gasteiger partial charge in [0.05, 0.1) is 13.4 Å². The molecular weight excluding hydrogens is 154 g/mol. The van der Waals surface area contributed by atoms with Gasteiger partial charge in [-0.05, 0) is 5.41 Å². The van der Waals surface area contributed by atoms with Crippen LogP contribution in [-0.2, 0) is 9.53 Å². The first-order valence-electron chi connectivity index (χ1n) is 3.93. The molecule has 0 aromatic carbocycles. The Morgan fingerprint density at radius 2 is 2.08 bits per heavy atom. The van der Waals surface area contributed by atoms with E-state index in [2.05, 4.69) is 30.8 Å². The molecule has 0 spiro atoms. The second kappa shape index (κ2) is 4.80.